The molecule has 0 spiro atoms. The normalized spacial score (nSPS) is 16.3. The van der Waals surface area contributed by atoms with Crippen molar-refractivity contribution in [2.75, 3.05) is 44.2 Å². The fraction of sp³-hybridized carbons (Fsp3) is 0.414. The molecule has 3 aromatic heterocycles. The van der Waals surface area contributed by atoms with Crippen LogP contribution in [0.15, 0.2) is 36.8 Å². The van der Waals surface area contributed by atoms with Gasteiger partial charge in [-0.1, -0.05) is 0 Å². The van der Waals surface area contributed by atoms with Gasteiger partial charge < -0.3 is 19.1 Å². The number of halogens is 3. The lowest BCUT2D eigenvalue weighted by Gasteiger charge is -2.34. The number of rotatable bonds is 6. The minimum Gasteiger partial charge on any atom is -0.465 e. The average molecular weight is 572 g/mol. The largest absolute Gasteiger partial charge is 0.465 e. The van der Waals surface area contributed by atoms with Crippen molar-refractivity contribution in [1.82, 2.24) is 19.2 Å². The van der Waals surface area contributed by atoms with Crippen molar-refractivity contribution >= 4 is 29.5 Å². The highest BCUT2D eigenvalue weighted by atomic mass is 19.4. The molecule has 0 aliphatic carbocycles. The third-order valence-corrected chi connectivity index (χ3v) is 7.47. The van der Waals surface area contributed by atoms with Gasteiger partial charge in [-0.3, -0.25) is 9.80 Å². The maximum atomic E-state index is 13.2. The lowest BCUT2D eigenvalue weighted by atomic mass is 9.99. The molecular weight excluding hydrogens is 539 g/mol. The van der Waals surface area contributed by atoms with Gasteiger partial charge in [0.15, 0.2) is 0 Å². The lowest BCUT2D eigenvalue weighted by Crippen LogP contribution is -2.47. The molecule has 0 aromatic carbocycles. The third-order valence-electron chi connectivity index (χ3n) is 7.47. The molecule has 5 rings (SSSR count). The van der Waals surface area contributed by atoms with Crippen LogP contribution in [0.3, 0.4) is 0 Å². The Morgan fingerprint density at radius 1 is 1.12 bits per heavy atom. The topological polar surface area (TPSA) is 90.6 Å². The molecular formula is C29H32F3N5O4. The van der Waals surface area contributed by atoms with E-state index in [-0.39, 0.29) is 6.10 Å². The Morgan fingerprint density at radius 2 is 1.85 bits per heavy atom. The zero-order valence-corrected chi connectivity index (χ0v) is 23.1. The van der Waals surface area contributed by atoms with Gasteiger partial charge in [0.25, 0.3) is 0 Å². The van der Waals surface area contributed by atoms with Crippen LogP contribution in [0.25, 0.3) is 22.7 Å². The van der Waals surface area contributed by atoms with E-state index >= 15 is 0 Å². The van der Waals surface area contributed by atoms with Gasteiger partial charge in [0.1, 0.15) is 5.82 Å². The molecule has 2 aliphatic heterocycles. The average Bonchev–Trinajstić information content (AvgIpc) is 3.52. The summed E-state index contributed by atoms with van der Waals surface area (Å²) < 4.78 is 45.9. The number of ether oxygens (including phenoxy) is 1. The van der Waals surface area contributed by atoms with E-state index in [1.54, 1.807) is 26.1 Å². The Bertz CT molecular complexity index is 1510. The van der Waals surface area contributed by atoms with Crippen molar-refractivity contribution in [3.05, 3.63) is 59.2 Å². The van der Waals surface area contributed by atoms with E-state index in [2.05, 4.69) is 4.98 Å². The standard InChI is InChI=1S/C29H32F3N5O4/c1-18(2)41-27(38)23-16-25-21(20-4-8-33-26-22(20)6-11-37(26)28(39)40)5-10-36(25)24(19(23)3)7-9-34-12-14-35(15-13-34)17-29(30,31)32/h4-5,7-10,16,18H,6,11-15,17H2,1-3H3,(H,39,40). The number of piperazine rings is 1. The van der Waals surface area contributed by atoms with E-state index in [0.717, 1.165) is 27.9 Å². The van der Waals surface area contributed by atoms with Gasteiger partial charge in [0.05, 0.1) is 29.4 Å². The van der Waals surface area contributed by atoms with E-state index in [9.17, 15) is 27.9 Å². The maximum Gasteiger partial charge on any atom is 0.413 e. The fourth-order valence-corrected chi connectivity index (χ4v) is 5.52. The number of hydrogen-bond donors (Lipinski definition) is 1. The number of anilines is 1. The molecule has 12 heteroatoms. The molecule has 0 bridgehead atoms. The predicted molar refractivity (Wildman–Crippen MR) is 148 cm³/mol. The van der Waals surface area contributed by atoms with Gasteiger partial charge in [-0.2, -0.15) is 13.2 Å². The van der Waals surface area contributed by atoms with Gasteiger partial charge in [-0.05, 0) is 62.6 Å². The molecule has 0 radical (unpaired) electrons. The highest BCUT2D eigenvalue weighted by molar-refractivity contribution is 5.97. The van der Waals surface area contributed by atoms with E-state index < -0.39 is 24.8 Å². The number of alkyl halides is 3. The second kappa shape index (κ2) is 11.1. The van der Waals surface area contributed by atoms with Crippen LogP contribution in [-0.4, -0.2) is 87.9 Å². The van der Waals surface area contributed by atoms with Crippen LogP contribution in [0.2, 0.25) is 0 Å². The van der Waals surface area contributed by atoms with Gasteiger partial charge in [0, 0.05) is 62.4 Å². The first-order chi connectivity index (χ1) is 19.4. The first-order valence-corrected chi connectivity index (χ1v) is 13.5. The monoisotopic (exact) mass is 571 g/mol. The lowest BCUT2D eigenvalue weighted by molar-refractivity contribution is -0.148. The van der Waals surface area contributed by atoms with E-state index in [4.69, 9.17) is 4.74 Å². The number of nitrogens with zero attached hydrogens (tertiary/aromatic N) is 5. The smallest absolute Gasteiger partial charge is 0.413 e. The Labute approximate surface area is 235 Å². The summed E-state index contributed by atoms with van der Waals surface area (Å²) in [6, 6.07) is 5.57. The number of carbonyl (C=O) groups excluding carboxylic acids is 1. The molecule has 5 heterocycles. The van der Waals surface area contributed by atoms with Crippen LogP contribution in [0, 0.1) is 6.92 Å². The highest BCUT2D eigenvalue weighted by Crippen LogP contribution is 2.38. The number of carboxylic acid groups (broad SMARTS) is 1. The van der Waals surface area contributed by atoms with Crippen LogP contribution < -0.4 is 4.90 Å². The van der Waals surface area contributed by atoms with Crippen LogP contribution in [0.4, 0.5) is 23.8 Å². The second-order valence-corrected chi connectivity index (χ2v) is 10.6. The minimum atomic E-state index is -4.22. The molecule has 0 unspecified atom stereocenters. The summed E-state index contributed by atoms with van der Waals surface area (Å²) >= 11 is 0. The zero-order valence-electron chi connectivity index (χ0n) is 23.1. The van der Waals surface area contributed by atoms with Gasteiger partial charge in [0.2, 0.25) is 0 Å². The first-order valence-electron chi connectivity index (χ1n) is 13.5. The molecule has 0 saturated carbocycles. The zero-order chi connectivity index (χ0) is 29.5. The molecule has 2 aliphatic rings. The number of esters is 1. The van der Waals surface area contributed by atoms with Crippen molar-refractivity contribution in [2.24, 2.45) is 0 Å². The molecule has 0 atom stereocenters. The maximum absolute atomic E-state index is 13.2. The number of pyridine rings is 2. The van der Waals surface area contributed by atoms with E-state index in [1.165, 1.54) is 9.80 Å². The number of hydrogen-bond acceptors (Lipinski definition) is 6. The summed E-state index contributed by atoms with van der Waals surface area (Å²) in [5.41, 5.74) is 5.06. The van der Waals surface area contributed by atoms with Crippen molar-refractivity contribution in [1.29, 1.82) is 0 Å². The number of aromatic nitrogens is 2. The summed E-state index contributed by atoms with van der Waals surface area (Å²) in [5.74, 6) is -0.0507. The van der Waals surface area contributed by atoms with Gasteiger partial charge in [-0.15, -0.1) is 0 Å². The van der Waals surface area contributed by atoms with Crippen LogP contribution in [0.5, 0.6) is 0 Å². The summed E-state index contributed by atoms with van der Waals surface area (Å²) in [6.07, 6.45) is 2.13. The molecule has 41 heavy (non-hydrogen) atoms. The Morgan fingerprint density at radius 3 is 2.51 bits per heavy atom. The quantitative estimate of drug-likeness (QED) is 0.414. The van der Waals surface area contributed by atoms with Crippen LogP contribution in [0.1, 0.15) is 41.0 Å². The summed E-state index contributed by atoms with van der Waals surface area (Å²) in [7, 11) is 0. The van der Waals surface area contributed by atoms with Crippen molar-refractivity contribution in [3.8, 4) is 11.1 Å². The molecule has 1 fully saturated rings. The molecule has 1 amide bonds. The predicted octanol–water partition coefficient (Wildman–Crippen LogP) is 5.07. The van der Waals surface area contributed by atoms with Crippen molar-refractivity contribution in [3.63, 3.8) is 0 Å². The second-order valence-electron chi connectivity index (χ2n) is 10.6. The summed E-state index contributed by atoms with van der Waals surface area (Å²) in [5, 5.41) is 9.59. The number of carbonyl (C=O) groups is 2. The molecule has 3 aromatic rings. The highest BCUT2D eigenvalue weighted by Gasteiger charge is 2.32. The van der Waals surface area contributed by atoms with Gasteiger partial charge in [-0.25, -0.2) is 14.6 Å². The van der Waals surface area contributed by atoms with E-state index in [0.29, 0.717) is 56.1 Å². The summed E-state index contributed by atoms with van der Waals surface area (Å²) in [6.45, 7) is 6.29. The summed E-state index contributed by atoms with van der Waals surface area (Å²) in [4.78, 5) is 33.8. The molecule has 1 N–H and O–H groups in total. The minimum absolute atomic E-state index is 0.299. The number of fused-ring (bicyclic) bond motifs is 2. The first kappa shape index (κ1) is 28.5. The van der Waals surface area contributed by atoms with Crippen LogP contribution >= 0.6 is 0 Å². The van der Waals surface area contributed by atoms with Crippen molar-refractivity contribution in [2.45, 2.75) is 39.5 Å². The van der Waals surface area contributed by atoms with Crippen molar-refractivity contribution < 1.29 is 32.6 Å². The molecule has 218 valence electrons. The Balaban J connectivity index is 1.54. The molecule has 9 nitrogen and oxygen atoms in total. The Hall–Kier alpha value is -4.06. The van der Waals surface area contributed by atoms with Crippen LogP contribution in [-0.2, 0) is 11.2 Å². The number of amides is 1. The molecule has 1 saturated heterocycles. The third kappa shape index (κ3) is 5.88. The van der Waals surface area contributed by atoms with E-state index in [1.807, 2.05) is 46.8 Å². The Kier molecular flexibility index (Phi) is 7.69. The fourth-order valence-electron chi connectivity index (χ4n) is 5.52. The SMILES string of the molecule is Cc1c(C(=O)OC(C)C)cc2c(-c3ccnc4c3CCN4C(=O)O)ccn2c1C=CN1CCN(CC(F)(F)F)CC1. The van der Waals surface area contributed by atoms with Gasteiger partial charge >= 0.3 is 18.2 Å².